The van der Waals surface area contributed by atoms with Gasteiger partial charge in [0.1, 0.15) is 0 Å². The normalized spacial score (nSPS) is 21.5. The van der Waals surface area contributed by atoms with Crippen LogP contribution in [0.4, 0.5) is 0 Å². The second-order valence-electron chi connectivity index (χ2n) is 6.14. The Hall–Kier alpha value is -1.23. The molecule has 3 heterocycles. The molecule has 1 aliphatic rings. The summed E-state index contributed by atoms with van der Waals surface area (Å²) in [5.41, 5.74) is 2.33. The van der Waals surface area contributed by atoms with Crippen LogP contribution in [-0.2, 0) is 15.9 Å². The van der Waals surface area contributed by atoms with Crippen molar-refractivity contribution in [2.45, 2.75) is 45.8 Å². The topological polar surface area (TPSA) is 31.4 Å². The summed E-state index contributed by atoms with van der Waals surface area (Å²) in [5.74, 6) is 0.547. The summed E-state index contributed by atoms with van der Waals surface area (Å²) in [4.78, 5) is 6.91. The van der Waals surface area contributed by atoms with Crippen molar-refractivity contribution >= 4 is 11.3 Å². The van der Waals surface area contributed by atoms with Gasteiger partial charge in [-0.05, 0) is 31.0 Å². The molecule has 0 saturated carbocycles. The first-order valence-corrected chi connectivity index (χ1v) is 9.40. The molecule has 1 fully saturated rings. The van der Waals surface area contributed by atoms with Crippen molar-refractivity contribution in [1.82, 2.24) is 4.98 Å². The maximum atomic E-state index is 5.90. The van der Waals surface area contributed by atoms with Gasteiger partial charge in [0.2, 0.25) is 0 Å². The highest BCUT2D eigenvalue weighted by molar-refractivity contribution is 7.15. The molecule has 0 bridgehead atoms. The van der Waals surface area contributed by atoms with Crippen LogP contribution in [0.15, 0.2) is 30.5 Å². The maximum absolute atomic E-state index is 5.90. The van der Waals surface area contributed by atoms with E-state index in [1.807, 2.05) is 6.20 Å². The van der Waals surface area contributed by atoms with Crippen LogP contribution in [0.25, 0.3) is 10.4 Å². The zero-order valence-corrected chi connectivity index (χ0v) is 14.8. The third kappa shape index (κ3) is 4.19. The van der Waals surface area contributed by atoms with Gasteiger partial charge in [0, 0.05) is 28.2 Å². The van der Waals surface area contributed by atoms with Crippen molar-refractivity contribution in [2.75, 3.05) is 13.2 Å². The number of hydrogen-bond donors (Lipinski definition) is 0. The third-order valence-electron chi connectivity index (χ3n) is 4.14. The Labute approximate surface area is 142 Å². The predicted molar refractivity (Wildman–Crippen MR) is 94.6 cm³/mol. The SMILES string of the molecule is CCCc1ccc(-c2ccc(C3OCC(CCC)CO3)s2)cn1. The molecule has 1 aliphatic heterocycles. The van der Waals surface area contributed by atoms with E-state index in [2.05, 4.69) is 43.1 Å². The number of rotatable bonds is 6. The summed E-state index contributed by atoms with van der Waals surface area (Å²) in [5, 5.41) is 0. The monoisotopic (exact) mass is 331 g/mol. The van der Waals surface area contributed by atoms with Gasteiger partial charge in [-0.1, -0.05) is 32.8 Å². The number of hydrogen-bond acceptors (Lipinski definition) is 4. The number of aryl methyl sites for hydroxylation is 1. The lowest BCUT2D eigenvalue weighted by molar-refractivity contribution is -0.204. The van der Waals surface area contributed by atoms with E-state index in [1.54, 1.807) is 11.3 Å². The fraction of sp³-hybridized carbons (Fsp3) is 0.526. The molecule has 0 radical (unpaired) electrons. The summed E-state index contributed by atoms with van der Waals surface area (Å²) < 4.78 is 11.8. The Kier molecular flexibility index (Phi) is 5.81. The minimum absolute atomic E-state index is 0.200. The lowest BCUT2D eigenvalue weighted by atomic mass is 10.1. The zero-order valence-electron chi connectivity index (χ0n) is 14.0. The number of pyridine rings is 1. The standard InChI is InChI=1S/C19H25NO2S/c1-3-5-14-12-21-19(22-13-14)18-10-9-17(23-18)15-7-8-16(6-4-2)20-11-15/h7-11,14,19H,3-6,12-13H2,1-2H3. The van der Waals surface area contributed by atoms with Crippen LogP contribution in [-0.4, -0.2) is 18.2 Å². The summed E-state index contributed by atoms with van der Waals surface area (Å²) in [7, 11) is 0. The number of nitrogens with zero attached hydrogens (tertiary/aromatic N) is 1. The van der Waals surface area contributed by atoms with Gasteiger partial charge in [-0.3, -0.25) is 4.98 Å². The zero-order chi connectivity index (χ0) is 16.1. The first-order chi connectivity index (χ1) is 11.3. The van der Waals surface area contributed by atoms with Crippen LogP contribution in [0.2, 0.25) is 0 Å². The first-order valence-electron chi connectivity index (χ1n) is 8.58. The van der Waals surface area contributed by atoms with E-state index in [9.17, 15) is 0 Å². The van der Waals surface area contributed by atoms with E-state index in [-0.39, 0.29) is 6.29 Å². The fourth-order valence-corrected chi connectivity index (χ4v) is 3.89. The van der Waals surface area contributed by atoms with Crippen LogP contribution in [0.5, 0.6) is 0 Å². The van der Waals surface area contributed by atoms with Crippen molar-refractivity contribution in [1.29, 1.82) is 0 Å². The van der Waals surface area contributed by atoms with Gasteiger partial charge in [0.15, 0.2) is 6.29 Å². The van der Waals surface area contributed by atoms with Gasteiger partial charge in [0.05, 0.1) is 18.1 Å². The van der Waals surface area contributed by atoms with Crippen LogP contribution >= 0.6 is 11.3 Å². The number of aromatic nitrogens is 1. The van der Waals surface area contributed by atoms with E-state index < -0.39 is 0 Å². The van der Waals surface area contributed by atoms with Crippen LogP contribution in [0.3, 0.4) is 0 Å². The van der Waals surface area contributed by atoms with Gasteiger partial charge >= 0.3 is 0 Å². The molecule has 0 aromatic carbocycles. The Morgan fingerprint density at radius 3 is 2.57 bits per heavy atom. The molecule has 1 saturated heterocycles. The first kappa shape index (κ1) is 16.6. The summed E-state index contributed by atoms with van der Waals surface area (Å²) in [6.45, 7) is 5.99. The molecule has 124 valence electrons. The highest BCUT2D eigenvalue weighted by atomic mass is 32.1. The lowest BCUT2D eigenvalue weighted by Crippen LogP contribution is -2.26. The Morgan fingerprint density at radius 1 is 1.09 bits per heavy atom. The molecular weight excluding hydrogens is 306 g/mol. The van der Waals surface area contributed by atoms with E-state index in [4.69, 9.17) is 9.47 Å². The minimum Gasteiger partial charge on any atom is -0.347 e. The molecule has 3 nitrogen and oxygen atoms in total. The summed E-state index contributed by atoms with van der Waals surface area (Å²) >= 11 is 1.74. The Balaban J connectivity index is 1.64. The Bertz CT molecular complexity index is 600. The highest BCUT2D eigenvalue weighted by Crippen LogP contribution is 2.35. The molecule has 0 unspecified atom stereocenters. The van der Waals surface area contributed by atoms with E-state index in [0.29, 0.717) is 5.92 Å². The maximum Gasteiger partial charge on any atom is 0.193 e. The third-order valence-corrected chi connectivity index (χ3v) is 5.29. The molecule has 0 amide bonds. The molecule has 0 spiro atoms. The Morgan fingerprint density at radius 2 is 1.91 bits per heavy atom. The molecular formula is C19H25NO2S. The van der Waals surface area contributed by atoms with Crippen molar-refractivity contribution in [3.05, 3.63) is 41.0 Å². The molecule has 0 aliphatic carbocycles. The van der Waals surface area contributed by atoms with Gasteiger partial charge in [-0.15, -0.1) is 11.3 Å². The van der Waals surface area contributed by atoms with Gasteiger partial charge in [-0.25, -0.2) is 0 Å². The molecule has 2 aromatic rings. The van der Waals surface area contributed by atoms with Crippen LogP contribution in [0, 0.1) is 5.92 Å². The minimum atomic E-state index is -0.200. The highest BCUT2D eigenvalue weighted by Gasteiger charge is 2.24. The second-order valence-corrected chi connectivity index (χ2v) is 7.26. The number of thiophene rings is 1. The van der Waals surface area contributed by atoms with Crippen molar-refractivity contribution in [3.8, 4) is 10.4 Å². The largest absolute Gasteiger partial charge is 0.347 e. The molecule has 2 aromatic heterocycles. The lowest BCUT2D eigenvalue weighted by Gasteiger charge is -2.28. The van der Waals surface area contributed by atoms with Gasteiger partial charge in [0.25, 0.3) is 0 Å². The van der Waals surface area contributed by atoms with Crippen molar-refractivity contribution in [2.24, 2.45) is 5.92 Å². The average molecular weight is 331 g/mol. The number of ether oxygens (including phenoxy) is 2. The molecule has 23 heavy (non-hydrogen) atoms. The smallest absolute Gasteiger partial charge is 0.193 e. The van der Waals surface area contributed by atoms with Crippen molar-refractivity contribution < 1.29 is 9.47 Å². The molecule has 0 N–H and O–H groups in total. The van der Waals surface area contributed by atoms with Crippen LogP contribution in [0.1, 0.15) is 50.0 Å². The van der Waals surface area contributed by atoms with Crippen LogP contribution < -0.4 is 0 Å². The average Bonchev–Trinajstić information content (AvgIpc) is 3.07. The van der Waals surface area contributed by atoms with E-state index in [1.165, 1.54) is 23.3 Å². The van der Waals surface area contributed by atoms with Gasteiger partial charge in [-0.2, -0.15) is 0 Å². The fourth-order valence-electron chi connectivity index (χ4n) is 2.89. The molecule has 0 atom stereocenters. The summed E-state index contributed by atoms with van der Waals surface area (Å²) in [6, 6.07) is 8.54. The summed E-state index contributed by atoms with van der Waals surface area (Å²) in [6.07, 6.45) is 6.31. The van der Waals surface area contributed by atoms with Crippen molar-refractivity contribution in [3.63, 3.8) is 0 Å². The molecule has 3 rings (SSSR count). The second kappa shape index (κ2) is 8.04. The van der Waals surface area contributed by atoms with E-state index >= 15 is 0 Å². The predicted octanol–water partition coefficient (Wildman–Crippen LogP) is 5.22. The van der Waals surface area contributed by atoms with E-state index in [0.717, 1.165) is 36.6 Å². The van der Waals surface area contributed by atoms with Gasteiger partial charge < -0.3 is 9.47 Å². The quantitative estimate of drug-likeness (QED) is 0.727. The molecule has 4 heteroatoms.